The lowest BCUT2D eigenvalue weighted by Gasteiger charge is -2.26. The molecule has 2 aliphatic rings. The first-order valence-electron chi connectivity index (χ1n) is 5.02. The van der Waals surface area contributed by atoms with Crippen LogP contribution in [0.2, 0.25) is 0 Å². The van der Waals surface area contributed by atoms with E-state index >= 15 is 0 Å². The first-order valence-corrected chi connectivity index (χ1v) is 5.02. The molecule has 1 aromatic rings. The summed E-state index contributed by atoms with van der Waals surface area (Å²) in [5.41, 5.74) is 0. The molecule has 0 spiro atoms. The lowest BCUT2D eigenvalue weighted by Crippen LogP contribution is -2.41. The van der Waals surface area contributed by atoms with E-state index in [1.807, 2.05) is 6.33 Å². The van der Waals surface area contributed by atoms with Crippen LogP contribution in [0.1, 0.15) is 24.6 Å². The van der Waals surface area contributed by atoms with Gasteiger partial charge in [0.1, 0.15) is 12.2 Å². The van der Waals surface area contributed by atoms with Crippen LogP contribution in [0.3, 0.4) is 0 Å². The molecule has 0 aromatic carbocycles. The number of nitrogens with one attached hydrogen (secondary N) is 1. The summed E-state index contributed by atoms with van der Waals surface area (Å²) in [6, 6.07) is 0. The van der Waals surface area contributed by atoms with Crippen molar-refractivity contribution in [3.8, 4) is 0 Å². The molecule has 1 aliphatic carbocycles. The largest absolute Gasteiger partial charge is 0.317 e. The summed E-state index contributed by atoms with van der Waals surface area (Å²) < 4.78 is 2.24. The third kappa shape index (κ3) is 1.35. The molecule has 1 saturated heterocycles. The maximum absolute atomic E-state index is 4.19. The van der Waals surface area contributed by atoms with E-state index in [1.54, 1.807) is 0 Å². The van der Waals surface area contributed by atoms with Gasteiger partial charge in [-0.05, 0) is 18.8 Å². The maximum Gasteiger partial charge on any atom is 0.138 e. The molecule has 0 radical (unpaired) electrons. The first kappa shape index (κ1) is 7.50. The van der Waals surface area contributed by atoms with E-state index in [9.17, 15) is 0 Å². The van der Waals surface area contributed by atoms with Gasteiger partial charge in [-0.25, -0.2) is 0 Å². The average Bonchev–Trinajstić information content (AvgIpc) is 2.71. The fourth-order valence-corrected chi connectivity index (χ4v) is 1.77. The standard InChI is InChI=1S/C9H14N4/c1-2-7(1)5-13-6-11-12-9(13)8-3-10-4-8/h6-8,10H,1-5H2. The Morgan fingerprint density at radius 3 is 2.92 bits per heavy atom. The van der Waals surface area contributed by atoms with Crippen LogP contribution in [0.4, 0.5) is 0 Å². The van der Waals surface area contributed by atoms with E-state index in [-0.39, 0.29) is 0 Å². The van der Waals surface area contributed by atoms with Crippen molar-refractivity contribution in [3.05, 3.63) is 12.2 Å². The molecule has 0 amide bonds. The molecule has 1 aromatic heterocycles. The van der Waals surface area contributed by atoms with Crippen LogP contribution in [-0.2, 0) is 6.54 Å². The molecule has 13 heavy (non-hydrogen) atoms. The van der Waals surface area contributed by atoms with Crippen molar-refractivity contribution in [2.45, 2.75) is 25.3 Å². The summed E-state index contributed by atoms with van der Waals surface area (Å²) >= 11 is 0. The van der Waals surface area contributed by atoms with Crippen LogP contribution in [0.5, 0.6) is 0 Å². The van der Waals surface area contributed by atoms with Gasteiger partial charge in [0.2, 0.25) is 0 Å². The Kier molecular flexibility index (Phi) is 1.62. The molecule has 0 bridgehead atoms. The molecule has 1 aliphatic heterocycles. The summed E-state index contributed by atoms with van der Waals surface area (Å²) in [7, 11) is 0. The van der Waals surface area contributed by atoms with Crippen molar-refractivity contribution in [2.24, 2.45) is 5.92 Å². The first-order chi connectivity index (χ1) is 6.43. The number of hydrogen-bond donors (Lipinski definition) is 1. The third-order valence-electron chi connectivity index (χ3n) is 2.94. The van der Waals surface area contributed by atoms with Crippen LogP contribution in [-0.4, -0.2) is 27.9 Å². The van der Waals surface area contributed by atoms with Crippen molar-refractivity contribution < 1.29 is 0 Å². The zero-order chi connectivity index (χ0) is 8.67. The molecule has 3 rings (SSSR count). The van der Waals surface area contributed by atoms with Gasteiger partial charge in [-0.15, -0.1) is 10.2 Å². The normalized spacial score (nSPS) is 23.1. The predicted octanol–water partition coefficient (Wildman–Crippen LogP) is 0.375. The molecule has 1 saturated carbocycles. The number of hydrogen-bond acceptors (Lipinski definition) is 3. The Labute approximate surface area is 77.4 Å². The predicted molar refractivity (Wildman–Crippen MR) is 48.4 cm³/mol. The number of aromatic nitrogens is 3. The fraction of sp³-hybridized carbons (Fsp3) is 0.778. The highest BCUT2D eigenvalue weighted by Gasteiger charge is 2.27. The van der Waals surface area contributed by atoms with E-state index in [1.165, 1.54) is 18.7 Å². The summed E-state index contributed by atoms with van der Waals surface area (Å²) in [5.74, 6) is 2.70. The van der Waals surface area contributed by atoms with Crippen molar-refractivity contribution >= 4 is 0 Å². The molecular formula is C9H14N4. The van der Waals surface area contributed by atoms with E-state index < -0.39 is 0 Å². The minimum Gasteiger partial charge on any atom is -0.317 e. The lowest BCUT2D eigenvalue weighted by atomic mass is 10.0. The highest BCUT2D eigenvalue weighted by Crippen LogP contribution is 2.31. The van der Waals surface area contributed by atoms with Gasteiger partial charge in [-0.1, -0.05) is 0 Å². The fourth-order valence-electron chi connectivity index (χ4n) is 1.77. The topological polar surface area (TPSA) is 42.7 Å². The van der Waals surface area contributed by atoms with Crippen LogP contribution < -0.4 is 5.32 Å². The molecule has 2 fully saturated rings. The monoisotopic (exact) mass is 178 g/mol. The zero-order valence-corrected chi connectivity index (χ0v) is 7.61. The zero-order valence-electron chi connectivity index (χ0n) is 7.61. The minimum absolute atomic E-state index is 0.612. The second-order valence-electron chi connectivity index (χ2n) is 4.14. The Morgan fingerprint density at radius 2 is 2.31 bits per heavy atom. The summed E-state index contributed by atoms with van der Waals surface area (Å²) in [4.78, 5) is 0. The molecule has 0 unspecified atom stereocenters. The van der Waals surface area contributed by atoms with Crippen LogP contribution in [0.15, 0.2) is 6.33 Å². The Morgan fingerprint density at radius 1 is 1.46 bits per heavy atom. The SMILES string of the molecule is c1nnc(C2CNC2)n1CC1CC1. The number of nitrogens with zero attached hydrogens (tertiary/aromatic N) is 3. The van der Waals surface area contributed by atoms with E-state index in [0.717, 1.165) is 25.6 Å². The molecule has 4 nitrogen and oxygen atoms in total. The molecule has 4 heteroatoms. The lowest BCUT2D eigenvalue weighted by molar-refractivity contribution is 0.409. The van der Waals surface area contributed by atoms with Crippen molar-refractivity contribution in [2.75, 3.05) is 13.1 Å². The van der Waals surface area contributed by atoms with Crippen LogP contribution in [0.25, 0.3) is 0 Å². The maximum atomic E-state index is 4.19. The van der Waals surface area contributed by atoms with E-state index in [0.29, 0.717) is 5.92 Å². The molecular weight excluding hydrogens is 164 g/mol. The second-order valence-corrected chi connectivity index (χ2v) is 4.14. The van der Waals surface area contributed by atoms with E-state index in [4.69, 9.17) is 0 Å². The Hall–Kier alpha value is -0.900. The van der Waals surface area contributed by atoms with Crippen molar-refractivity contribution in [1.29, 1.82) is 0 Å². The summed E-state index contributed by atoms with van der Waals surface area (Å²) in [6.07, 6.45) is 4.66. The third-order valence-corrected chi connectivity index (χ3v) is 2.94. The second kappa shape index (κ2) is 2.80. The van der Waals surface area contributed by atoms with Gasteiger partial charge in [0.25, 0.3) is 0 Å². The Balaban J connectivity index is 1.77. The smallest absolute Gasteiger partial charge is 0.138 e. The molecule has 1 N–H and O–H groups in total. The summed E-state index contributed by atoms with van der Waals surface area (Å²) in [6.45, 7) is 3.28. The number of rotatable bonds is 3. The summed E-state index contributed by atoms with van der Waals surface area (Å²) in [5, 5.41) is 11.4. The van der Waals surface area contributed by atoms with Gasteiger partial charge >= 0.3 is 0 Å². The van der Waals surface area contributed by atoms with Gasteiger partial charge in [-0.3, -0.25) is 0 Å². The minimum atomic E-state index is 0.612. The average molecular weight is 178 g/mol. The van der Waals surface area contributed by atoms with Crippen molar-refractivity contribution in [1.82, 2.24) is 20.1 Å². The van der Waals surface area contributed by atoms with Gasteiger partial charge in [0.05, 0.1) is 0 Å². The molecule has 70 valence electrons. The van der Waals surface area contributed by atoms with Gasteiger partial charge in [0, 0.05) is 25.6 Å². The quantitative estimate of drug-likeness (QED) is 0.727. The van der Waals surface area contributed by atoms with Gasteiger partial charge < -0.3 is 9.88 Å². The van der Waals surface area contributed by atoms with Crippen LogP contribution >= 0.6 is 0 Å². The highest BCUT2D eigenvalue weighted by molar-refractivity contribution is 5.04. The van der Waals surface area contributed by atoms with Gasteiger partial charge in [0.15, 0.2) is 0 Å². The van der Waals surface area contributed by atoms with Gasteiger partial charge in [-0.2, -0.15) is 0 Å². The van der Waals surface area contributed by atoms with Crippen LogP contribution in [0, 0.1) is 5.92 Å². The molecule has 0 atom stereocenters. The van der Waals surface area contributed by atoms with Crippen molar-refractivity contribution in [3.63, 3.8) is 0 Å². The highest BCUT2D eigenvalue weighted by atomic mass is 15.3. The van der Waals surface area contributed by atoms with E-state index in [2.05, 4.69) is 20.1 Å². The Bertz CT molecular complexity index is 298. The molecule has 2 heterocycles.